The van der Waals surface area contributed by atoms with Crippen molar-refractivity contribution in [1.82, 2.24) is 0 Å². The lowest BCUT2D eigenvalue weighted by molar-refractivity contribution is 0.218. The molecule has 6 heteroatoms. The minimum absolute atomic E-state index is 0.581. The van der Waals surface area contributed by atoms with E-state index in [9.17, 15) is 4.57 Å². The molecule has 170 valence electrons. The van der Waals surface area contributed by atoms with Crippen molar-refractivity contribution in [1.29, 1.82) is 0 Å². The van der Waals surface area contributed by atoms with Crippen molar-refractivity contribution in [2.75, 3.05) is 23.9 Å². The van der Waals surface area contributed by atoms with Gasteiger partial charge in [0.05, 0.1) is 13.2 Å². The normalized spacial score (nSPS) is 11.5. The summed E-state index contributed by atoms with van der Waals surface area (Å²) in [6, 6.07) is 0. The standard InChI is InChI=1S/C22H45Br2O3P/c23-19-15-11-7-3-1-5-9-13-17-21-26-28(25)27-22-18-14-10-6-2-4-8-12-16-20-24/h28H,1-22H2. The Morgan fingerprint density at radius 2 is 0.679 bits per heavy atom. The molecule has 0 saturated carbocycles. The maximum atomic E-state index is 11.7. The van der Waals surface area contributed by atoms with Gasteiger partial charge in [0.2, 0.25) is 0 Å². The first-order valence-corrected chi connectivity index (χ1v) is 15.2. The van der Waals surface area contributed by atoms with E-state index in [-0.39, 0.29) is 0 Å². The zero-order valence-corrected chi connectivity index (χ0v) is 22.2. The molecule has 28 heavy (non-hydrogen) atoms. The third-order valence-corrected chi connectivity index (χ3v) is 7.00. The summed E-state index contributed by atoms with van der Waals surface area (Å²) >= 11 is 6.94. The summed E-state index contributed by atoms with van der Waals surface area (Å²) in [4.78, 5) is 0. The smallest absolute Gasteiger partial charge is 0.311 e. The average Bonchev–Trinajstić information content (AvgIpc) is 2.70. The van der Waals surface area contributed by atoms with Gasteiger partial charge < -0.3 is 9.05 Å². The Hall–Kier alpha value is 1.11. The van der Waals surface area contributed by atoms with Gasteiger partial charge in [0, 0.05) is 10.7 Å². The minimum atomic E-state index is -2.27. The summed E-state index contributed by atoms with van der Waals surface area (Å²) in [5.41, 5.74) is 0. The van der Waals surface area contributed by atoms with Gasteiger partial charge in [-0.2, -0.15) is 0 Å². The van der Waals surface area contributed by atoms with Crippen LogP contribution in [0.25, 0.3) is 0 Å². The summed E-state index contributed by atoms with van der Waals surface area (Å²) < 4.78 is 22.3. The molecule has 0 aliphatic heterocycles. The number of hydrogen-bond donors (Lipinski definition) is 0. The highest BCUT2D eigenvalue weighted by atomic mass is 79.9. The fraction of sp³-hybridized carbons (Fsp3) is 1.00. The van der Waals surface area contributed by atoms with Crippen molar-refractivity contribution < 1.29 is 13.6 Å². The molecule has 0 aromatic heterocycles. The van der Waals surface area contributed by atoms with Crippen molar-refractivity contribution in [3.05, 3.63) is 0 Å². The van der Waals surface area contributed by atoms with E-state index in [1.807, 2.05) is 0 Å². The number of halogens is 2. The van der Waals surface area contributed by atoms with Crippen molar-refractivity contribution in [2.24, 2.45) is 0 Å². The molecule has 0 aromatic rings. The highest BCUT2D eigenvalue weighted by Gasteiger charge is 2.00. The predicted molar refractivity (Wildman–Crippen MR) is 132 cm³/mol. The van der Waals surface area contributed by atoms with Crippen LogP contribution < -0.4 is 0 Å². The second-order valence-electron chi connectivity index (χ2n) is 7.69. The zero-order chi connectivity index (χ0) is 20.5. The van der Waals surface area contributed by atoms with Crippen molar-refractivity contribution in [2.45, 2.75) is 116 Å². The molecule has 0 N–H and O–H groups in total. The summed E-state index contributed by atoms with van der Waals surface area (Å²) in [5.74, 6) is 0. The van der Waals surface area contributed by atoms with Gasteiger partial charge in [-0.3, -0.25) is 4.57 Å². The van der Waals surface area contributed by atoms with E-state index in [1.54, 1.807) is 0 Å². The van der Waals surface area contributed by atoms with Gasteiger partial charge >= 0.3 is 8.25 Å². The number of hydrogen-bond acceptors (Lipinski definition) is 3. The fourth-order valence-electron chi connectivity index (χ4n) is 3.22. The topological polar surface area (TPSA) is 35.5 Å². The Bertz CT molecular complexity index is 292. The molecule has 0 heterocycles. The van der Waals surface area contributed by atoms with Crippen LogP contribution in [-0.2, 0) is 13.6 Å². The second-order valence-corrected chi connectivity index (χ2v) is 10.4. The van der Waals surface area contributed by atoms with Crippen LogP contribution in [0.2, 0.25) is 0 Å². The molecule has 0 aromatic carbocycles. The highest BCUT2D eigenvalue weighted by Crippen LogP contribution is 2.25. The predicted octanol–water partition coefficient (Wildman–Crippen LogP) is 9.22. The van der Waals surface area contributed by atoms with Crippen LogP contribution in [0, 0.1) is 0 Å². The van der Waals surface area contributed by atoms with Crippen LogP contribution >= 0.6 is 40.1 Å². The van der Waals surface area contributed by atoms with Crippen molar-refractivity contribution in [3.8, 4) is 0 Å². The first-order chi connectivity index (χ1) is 13.8. The zero-order valence-electron chi connectivity index (χ0n) is 18.0. The van der Waals surface area contributed by atoms with Crippen LogP contribution in [-0.4, -0.2) is 23.9 Å². The molecule has 0 aliphatic carbocycles. The van der Waals surface area contributed by atoms with E-state index in [0.717, 1.165) is 23.5 Å². The Balaban J connectivity index is 3.13. The fourth-order valence-corrected chi connectivity index (χ4v) is 4.72. The van der Waals surface area contributed by atoms with E-state index in [0.29, 0.717) is 13.2 Å². The number of rotatable bonds is 24. The Morgan fingerprint density at radius 1 is 0.429 bits per heavy atom. The summed E-state index contributed by atoms with van der Waals surface area (Å²) in [6.07, 6.45) is 23.0. The first-order valence-electron chi connectivity index (χ1n) is 11.7. The molecule has 0 spiro atoms. The first kappa shape index (κ1) is 29.1. The number of unbranched alkanes of at least 4 members (excludes halogenated alkanes) is 16. The van der Waals surface area contributed by atoms with E-state index >= 15 is 0 Å². The third-order valence-electron chi connectivity index (χ3n) is 5.00. The monoisotopic (exact) mass is 546 g/mol. The van der Waals surface area contributed by atoms with Gasteiger partial charge in [0.25, 0.3) is 0 Å². The Labute approximate surface area is 192 Å². The Kier molecular flexibility index (Phi) is 27.2. The van der Waals surface area contributed by atoms with Crippen LogP contribution in [0.4, 0.5) is 0 Å². The average molecular weight is 548 g/mol. The van der Waals surface area contributed by atoms with Crippen LogP contribution in [0.5, 0.6) is 0 Å². The van der Waals surface area contributed by atoms with E-state index in [4.69, 9.17) is 9.05 Å². The molecular formula is C22H45Br2O3P. The molecule has 0 amide bonds. The lowest BCUT2D eigenvalue weighted by atomic mass is 10.1. The molecule has 0 rings (SSSR count). The largest absolute Gasteiger partial charge is 0.319 e. The number of alkyl halides is 2. The van der Waals surface area contributed by atoms with Crippen molar-refractivity contribution >= 4 is 40.1 Å². The van der Waals surface area contributed by atoms with Crippen molar-refractivity contribution in [3.63, 3.8) is 0 Å². The Morgan fingerprint density at radius 3 is 0.964 bits per heavy atom. The van der Waals surface area contributed by atoms with Gasteiger partial charge in [-0.1, -0.05) is 122 Å². The third kappa shape index (κ3) is 25.1. The lowest BCUT2D eigenvalue weighted by Crippen LogP contribution is -1.92. The SMILES string of the molecule is O=[PH](OCCCCCCCCCCCBr)OCCCCCCCCCCCBr. The van der Waals surface area contributed by atoms with E-state index in [2.05, 4.69) is 31.9 Å². The summed E-state index contributed by atoms with van der Waals surface area (Å²) in [6.45, 7) is 1.16. The summed E-state index contributed by atoms with van der Waals surface area (Å²) in [5, 5.41) is 2.27. The maximum Gasteiger partial charge on any atom is 0.319 e. The molecular weight excluding hydrogens is 503 g/mol. The molecule has 0 atom stereocenters. The van der Waals surface area contributed by atoms with Crippen LogP contribution in [0.15, 0.2) is 0 Å². The van der Waals surface area contributed by atoms with Gasteiger partial charge in [-0.05, 0) is 25.7 Å². The molecule has 0 aliphatic rings. The minimum Gasteiger partial charge on any atom is -0.311 e. The summed E-state index contributed by atoms with van der Waals surface area (Å²) in [7, 11) is -2.27. The molecule has 0 unspecified atom stereocenters. The van der Waals surface area contributed by atoms with Gasteiger partial charge in [0.1, 0.15) is 0 Å². The lowest BCUT2D eigenvalue weighted by Gasteiger charge is -2.06. The van der Waals surface area contributed by atoms with Crippen LogP contribution in [0.1, 0.15) is 116 Å². The van der Waals surface area contributed by atoms with Crippen LogP contribution in [0.3, 0.4) is 0 Å². The molecule has 0 radical (unpaired) electrons. The molecule has 3 nitrogen and oxygen atoms in total. The van der Waals surface area contributed by atoms with E-state index in [1.165, 1.54) is 103 Å². The second kappa shape index (κ2) is 26.1. The molecule has 0 bridgehead atoms. The van der Waals surface area contributed by atoms with E-state index < -0.39 is 8.25 Å². The van der Waals surface area contributed by atoms with Gasteiger partial charge in [0.15, 0.2) is 0 Å². The molecule has 0 fully saturated rings. The highest BCUT2D eigenvalue weighted by molar-refractivity contribution is 9.09. The quantitative estimate of drug-likeness (QED) is 0.0686. The van der Waals surface area contributed by atoms with Gasteiger partial charge in [-0.25, -0.2) is 0 Å². The van der Waals surface area contributed by atoms with Gasteiger partial charge in [-0.15, -0.1) is 0 Å². The molecule has 0 saturated heterocycles. The maximum absolute atomic E-state index is 11.7.